The summed E-state index contributed by atoms with van der Waals surface area (Å²) in [6.45, 7) is 4.40. The zero-order chi connectivity index (χ0) is 22.9. The first-order valence-electron chi connectivity index (χ1n) is 10.7. The highest BCUT2D eigenvalue weighted by atomic mass is 32.2. The number of benzene rings is 4. The van der Waals surface area contributed by atoms with Gasteiger partial charge in [0.25, 0.3) is 0 Å². The minimum Gasteiger partial charge on any atom is -0.249 e. The maximum absolute atomic E-state index is 13.5. The summed E-state index contributed by atoms with van der Waals surface area (Å²) in [6.07, 6.45) is 0. The van der Waals surface area contributed by atoms with Crippen molar-refractivity contribution in [3.05, 3.63) is 84.9 Å². The molecule has 4 aromatic rings. The van der Waals surface area contributed by atoms with E-state index >= 15 is 0 Å². The van der Waals surface area contributed by atoms with Crippen LogP contribution in [0.2, 0.25) is 13.1 Å². The van der Waals surface area contributed by atoms with Gasteiger partial charge in [-0.25, -0.2) is 12.6 Å². The van der Waals surface area contributed by atoms with Crippen LogP contribution in [0.5, 0.6) is 0 Å². The Morgan fingerprint density at radius 2 is 1.15 bits per heavy atom. The van der Waals surface area contributed by atoms with Crippen molar-refractivity contribution in [3.8, 4) is 11.1 Å². The smallest absolute Gasteiger partial charge is 0.206 e. The Labute approximate surface area is 199 Å². The van der Waals surface area contributed by atoms with Gasteiger partial charge in [0.1, 0.15) is 17.6 Å². The van der Waals surface area contributed by atoms with Crippen LogP contribution in [-0.2, 0) is 20.6 Å². The molecule has 0 N–H and O–H groups in total. The first kappa shape index (κ1) is 21.0. The van der Waals surface area contributed by atoms with Gasteiger partial charge in [-0.3, -0.25) is 0 Å². The van der Waals surface area contributed by atoms with E-state index in [-0.39, 0.29) is 0 Å². The van der Waals surface area contributed by atoms with Crippen LogP contribution in [0.4, 0.5) is 0 Å². The van der Waals surface area contributed by atoms with Crippen LogP contribution in [0, 0.1) is 0 Å². The predicted molar refractivity (Wildman–Crippen MR) is 137 cm³/mol. The van der Waals surface area contributed by atoms with E-state index in [1.165, 1.54) is 10.4 Å². The topological polar surface area (TPSA) is 51.2 Å². The second-order valence-electron chi connectivity index (χ2n) is 8.44. The fourth-order valence-corrected chi connectivity index (χ4v) is 14.5. The second kappa shape index (κ2) is 7.46. The van der Waals surface area contributed by atoms with Crippen molar-refractivity contribution >= 4 is 59.0 Å². The van der Waals surface area contributed by atoms with Crippen LogP contribution in [-0.4, -0.2) is 30.2 Å². The molecule has 1 atom stereocenters. The minimum absolute atomic E-state index is 0.416. The fourth-order valence-electron chi connectivity index (χ4n) is 4.88. The van der Waals surface area contributed by atoms with E-state index in [1.807, 2.05) is 60.7 Å². The molecule has 2 heterocycles. The molecule has 2 radical (unpaired) electrons. The average Bonchev–Trinajstić information content (AvgIpc) is 2.85. The minimum atomic E-state index is -3.57. The van der Waals surface area contributed by atoms with Crippen molar-refractivity contribution in [3.63, 3.8) is 0 Å². The van der Waals surface area contributed by atoms with Crippen molar-refractivity contribution in [1.29, 1.82) is 0 Å². The summed E-state index contributed by atoms with van der Waals surface area (Å²) < 4.78 is 40.3. The molecular weight excluding hydrogens is 481 g/mol. The highest BCUT2D eigenvalue weighted by Crippen LogP contribution is 2.30. The second-order valence-corrected chi connectivity index (χ2v) is 16.4. The van der Waals surface area contributed by atoms with E-state index in [0.717, 1.165) is 31.3 Å². The average molecular weight is 501 g/mol. The molecule has 0 fully saturated rings. The van der Waals surface area contributed by atoms with Crippen LogP contribution in [0.3, 0.4) is 0 Å². The monoisotopic (exact) mass is 500 g/mol. The van der Waals surface area contributed by atoms with Gasteiger partial charge in [-0.05, 0) is 56.1 Å². The van der Waals surface area contributed by atoms with Crippen LogP contribution in [0.25, 0.3) is 11.1 Å². The predicted octanol–water partition coefficient (Wildman–Crippen LogP) is 2.46. The van der Waals surface area contributed by atoms with E-state index < -0.39 is 38.2 Å². The Hall–Kier alpha value is -2.59. The van der Waals surface area contributed by atoms with Crippen LogP contribution in [0.1, 0.15) is 0 Å². The van der Waals surface area contributed by atoms with Crippen molar-refractivity contribution in [1.82, 2.24) is 0 Å². The number of rotatable bonds is 1. The molecule has 33 heavy (non-hydrogen) atoms. The molecule has 7 heteroatoms. The quantitative estimate of drug-likeness (QED) is 0.377. The van der Waals surface area contributed by atoms with Crippen molar-refractivity contribution in [2.45, 2.75) is 32.7 Å². The number of sulfone groups is 1. The molecule has 0 saturated heterocycles. The van der Waals surface area contributed by atoms with Crippen LogP contribution < -0.4 is 20.7 Å². The van der Waals surface area contributed by atoms with Crippen molar-refractivity contribution < 1.29 is 12.6 Å². The maximum atomic E-state index is 13.5. The summed E-state index contributed by atoms with van der Waals surface area (Å²) in [5.74, 6) is 0. The zero-order valence-electron chi connectivity index (χ0n) is 18.1. The van der Waals surface area contributed by atoms with Gasteiger partial charge in [0, 0.05) is 9.79 Å². The Morgan fingerprint density at radius 1 is 0.606 bits per heavy atom. The molecule has 2 aliphatic rings. The Balaban J connectivity index is 1.49. The molecule has 0 aliphatic carbocycles. The lowest BCUT2D eigenvalue weighted by molar-refractivity contribution is 0.597. The Morgan fingerprint density at radius 3 is 1.94 bits per heavy atom. The summed E-state index contributed by atoms with van der Waals surface area (Å²) in [5, 5.41) is 4.25. The molecule has 0 spiro atoms. The maximum Gasteiger partial charge on any atom is 0.206 e. The molecule has 0 amide bonds. The van der Waals surface area contributed by atoms with Gasteiger partial charge in [0.15, 0.2) is 0 Å². The lowest BCUT2D eigenvalue weighted by Gasteiger charge is -2.26. The van der Waals surface area contributed by atoms with E-state index in [2.05, 4.69) is 25.2 Å². The fraction of sp³-hybridized carbons (Fsp3) is 0.0769. The van der Waals surface area contributed by atoms with Gasteiger partial charge >= 0.3 is 0 Å². The van der Waals surface area contributed by atoms with Gasteiger partial charge in [0.2, 0.25) is 9.84 Å². The summed E-state index contributed by atoms with van der Waals surface area (Å²) in [6, 6.07) is 27.3. The number of hydrogen-bond donors (Lipinski definition) is 0. The highest BCUT2D eigenvalue weighted by molar-refractivity contribution is 7.92. The van der Waals surface area contributed by atoms with Gasteiger partial charge in [-0.15, -0.1) is 0 Å². The third-order valence-corrected chi connectivity index (χ3v) is 15.7. The highest BCUT2D eigenvalue weighted by Gasteiger charge is 2.35. The van der Waals surface area contributed by atoms with E-state index in [4.69, 9.17) is 0 Å². The normalized spacial score (nSPS) is 18.7. The van der Waals surface area contributed by atoms with E-state index in [1.54, 1.807) is 12.1 Å². The first-order valence-corrected chi connectivity index (χ1v) is 17.3. The van der Waals surface area contributed by atoms with Crippen LogP contribution >= 0.6 is 0 Å². The molecule has 6 rings (SSSR count). The molecule has 4 aromatic carbocycles. The van der Waals surface area contributed by atoms with Gasteiger partial charge in [-0.1, -0.05) is 73.8 Å². The lowest BCUT2D eigenvalue weighted by atomic mass is 10.1. The molecule has 0 saturated carbocycles. The zero-order valence-corrected chi connectivity index (χ0v) is 21.8. The largest absolute Gasteiger partial charge is 0.249 e. The Kier molecular flexibility index (Phi) is 4.74. The Bertz CT molecular complexity index is 1600. The summed E-state index contributed by atoms with van der Waals surface area (Å²) in [4.78, 5) is 2.61. The standard InChI is InChI=1S/C26H20O3S2Si2/c1-32-23-9-5-3-7-19(23)30(27)20-15-17(11-13-24(20)32)18-12-14-26-22(16-18)31(28,29)21-8-4-6-10-25(21)33(26)2/h3-16H,1-2H3. The van der Waals surface area contributed by atoms with Gasteiger partial charge in [-0.2, -0.15) is 0 Å². The molecule has 162 valence electrons. The lowest BCUT2D eigenvalue weighted by Crippen LogP contribution is -2.48. The first-order chi connectivity index (χ1) is 15.9. The van der Waals surface area contributed by atoms with Crippen LogP contribution in [0.15, 0.2) is 105 Å². The van der Waals surface area contributed by atoms with E-state index in [0.29, 0.717) is 9.79 Å². The summed E-state index contributed by atoms with van der Waals surface area (Å²) in [7, 11) is -6.96. The van der Waals surface area contributed by atoms with Crippen molar-refractivity contribution in [2.75, 3.05) is 0 Å². The molecule has 1 unspecified atom stereocenters. The molecule has 2 aliphatic heterocycles. The van der Waals surface area contributed by atoms with E-state index in [9.17, 15) is 12.6 Å². The number of hydrogen-bond acceptors (Lipinski definition) is 3. The summed E-state index contributed by atoms with van der Waals surface area (Å²) >= 11 is 0. The SMILES string of the molecule is C[Si]1c2ccccc2S(=O)c2cc(-c3ccc4c(c3)S(=O)(=O)c3ccccc3[Si]4C)ccc21. The molecule has 0 bridgehead atoms. The molecular formula is C26H20O3S2Si2. The number of fused-ring (bicyclic) bond motifs is 4. The third-order valence-electron chi connectivity index (χ3n) is 6.67. The van der Waals surface area contributed by atoms with Gasteiger partial charge < -0.3 is 0 Å². The van der Waals surface area contributed by atoms with Crippen molar-refractivity contribution in [2.24, 2.45) is 0 Å². The van der Waals surface area contributed by atoms with Gasteiger partial charge in [0.05, 0.1) is 20.6 Å². The molecule has 0 aromatic heterocycles. The molecule has 3 nitrogen and oxygen atoms in total. The third kappa shape index (κ3) is 3.03. The summed E-state index contributed by atoms with van der Waals surface area (Å²) in [5.41, 5.74) is 1.74.